The van der Waals surface area contributed by atoms with Gasteiger partial charge in [0.1, 0.15) is 5.78 Å². The number of ketones is 1. The molecular weight excluding hydrogens is 335 g/mol. The van der Waals surface area contributed by atoms with Crippen LogP contribution in [-0.2, 0) is 9.59 Å². The molecular formula is C21H33FO4. The van der Waals surface area contributed by atoms with Crippen LogP contribution in [0.5, 0.6) is 0 Å². The Labute approximate surface area is 156 Å². The number of carbonyl (C=O) groups is 2. The van der Waals surface area contributed by atoms with Gasteiger partial charge in [0.15, 0.2) is 0 Å². The first kappa shape index (κ1) is 22.4. The highest BCUT2D eigenvalue weighted by molar-refractivity contribution is 5.83. The van der Waals surface area contributed by atoms with E-state index in [0.29, 0.717) is 38.5 Å². The lowest BCUT2D eigenvalue weighted by molar-refractivity contribution is -0.137. The molecule has 0 aromatic carbocycles. The quantitative estimate of drug-likeness (QED) is 0.260. The van der Waals surface area contributed by atoms with Gasteiger partial charge in [-0.3, -0.25) is 14.0 Å². The molecule has 0 spiro atoms. The number of rotatable bonds is 13. The first-order valence-electron chi connectivity index (χ1n) is 9.82. The van der Waals surface area contributed by atoms with Crippen molar-refractivity contribution in [2.24, 2.45) is 17.8 Å². The topological polar surface area (TPSA) is 74.6 Å². The van der Waals surface area contributed by atoms with Crippen molar-refractivity contribution < 1.29 is 24.2 Å². The van der Waals surface area contributed by atoms with Gasteiger partial charge in [-0.1, -0.05) is 31.9 Å². The molecule has 0 heterocycles. The molecule has 1 fully saturated rings. The number of Topliss-reactive ketones (excluding diaryl/α,β-unsaturated/α-hetero) is 1. The Hall–Kier alpha value is -1.65. The molecule has 26 heavy (non-hydrogen) atoms. The van der Waals surface area contributed by atoms with E-state index >= 15 is 0 Å². The predicted molar refractivity (Wildman–Crippen MR) is 101 cm³/mol. The van der Waals surface area contributed by atoms with Crippen LogP contribution < -0.4 is 0 Å². The summed E-state index contributed by atoms with van der Waals surface area (Å²) in [6, 6.07) is 0. The minimum Gasteiger partial charge on any atom is -0.512 e. The van der Waals surface area contributed by atoms with Crippen LogP contribution in [0.1, 0.15) is 71.1 Å². The average molecular weight is 368 g/mol. The zero-order valence-corrected chi connectivity index (χ0v) is 15.8. The molecule has 1 saturated carbocycles. The van der Waals surface area contributed by atoms with Gasteiger partial charge < -0.3 is 10.2 Å². The number of aliphatic hydroxyl groups excluding tert-OH is 1. The van der Waals surface area contributed by atoms with Gasteiger partial charge in [-0.05, 0) is 50.5 Å². The zero-order valence-electron chi connectivity index (χ0n) is 15.8. The van der Waals surface area contributed by atoms with Gasteiger partial charge in [-0.25, -0.2) is 0 Å². The van der Waals surface area contributed by atoms with Crippen molar-refractivity contribution >= 4 is 11.8 Å². The number of carboxylic acid groups (broad SMARTS) is 1. The Morgan fingerprint density at radius 3 is 2.73 bits per heavy atom. The minimum atomic E-state index is -0.792. The number of aliphatic carboxylic acids is 1. The largest absolute Gasteiger partial charge is 0.512 e. The van der Waals surface area contributed by atoms with Crippen LogP contribution in [-0.4, -0.2) is 28.6 Å². The smallest absolute Gasteiger partial charge is 0.303 e. The lowest BCUT2D eigenvalue weighted by atomic mass is 9.96. The van der Waals surface area contributed by atoms with Crippen molar-refractivity contribution in [3.05, 3.63) is 24.0 Å². The number of hydrogen-bond donors (Lipinski definition) is 2. The third-order valence-corrected chi connectivity index (χ3v) is 5.08. The van der Waals surface area contributed by atoms with E-state index < -0.39 is 5.97 Å². The van der Waals surface area contributed by atoms with Crippen LogP contribution in [0, 0.1) is 17.8 Å². The summed E-state index contributed by atoms with van der Waals surface area (Å²) < 4.78 is 13.0. The maximum Gasteiger partial charge on any atom is 0.303 e. The summed E-state index contributed by atoms with van der Waals surface area (Å²) in [7, 11) is 0. The van der Waals surface area contributed by atoms with Gasteiger partial charge in [0.05, 0.1) is 12.4 Å². The second kappa shape index (κ2) is 12.7. The van der Waals surface area contributed by atoms with Crippen LogP contribution in [0.25, 0.3) is 0 Å². The fourth-order valence-electron chi connectivity index (χ4n) is 3.38. The van der Waals surface area contributed by atoms with Crippen molar-refractivity contribution in [3.63, 3.8) is 0 Å². The van der Waals surface area contributed by atoms with E-state index in [4.69, 9.17) is 5.11 Å². The second-order valence-electron chi connectivity index (χ2n) is 7.32. The maximum atomic E-state index is 13.0. The van der Waals surface area contributed by atoms with Crippen molar-refractivity contribution in [3.8, 4) is 0 Å². The van der Waals surface area contributed by atoms with Gasteiger partial charge in [0.2, 0.25) is 0 Å². The van der Waals surface area contributed by atoms with Crippen LogP contribution in [0.2, 0.25) is 0 Å². The van der Waals surface area contributed by atoms with E-state index in [-0.39, 0.29) is 42.4 Å². The molecule has 3 atom stereocenters. The number of alkyl halides is 1. The SMILES string of the molecule is CCCCC(CF)CC=C(O)[C@@H]1CC(=O)[C@@H](C/C=C\CCCC(=O)O)C1. The molecule has 0 bridgehead atoms. The normalized spacial score (nSPS) is 22.2. The Morgan fingerprint density at radius 2 is 2.08 bits per heavy atom. The monoisotopic (exact) mass is 368 g/mol. The summed E-state index contributed by atoms with van der Waals surface area (Å²) in [6.45, 7) is 1.70. The van der Waals surface area contributed by atoms with Crippen molar-refractivity contribution in [1.82, 2.24) is 0 Å². The molecule has 1 aliphatic carbocycles. The highest BCUT2D eigenvalue weighted by Gasteiger charge is 2.33. The zero-order chi connectivity index (χ0) is 19.4. The number of aliphatic hydroxyl groups is 1. The van der Waals surface area contributed by atoms with Gasteiger partial charge in [-0.15, -0.1) is 0 Å². The number of hydrogen-bond acceptors (Lipinski definition) is 3. The second-order valence-corrected chi connectivity index (χ2v) is 7.32. The third kappa shape index (κ3) is 8.63. The number of carbonyl (C=O) groups excluding carboxylic acids is 1. The summed E-state index contributed by atoms with van der Waals surface area (Å²) in [4.78, 5) is 22.6. The van der Waals surface area contributed by atoms with Crippen LogP contribution in [0.3, 0.4) is 0 Å². The number of carboxylic acids is 1. The lowest BCUT2D eigenvalue weighted by Gasteiger charge is -2.12. The van der Waals surface area contributed by atoms with Gasteiger partial charge in [0.25, 0.3) is 0 Å². The van der Waals surface area contributed by atoms with Crippen molar-refractivity contribution in [1.29, 1.82) is 0 Å². The third-order valence-electron chi connectivity index (χ3n) is 5.08. The van der Waals surface area contributed by atoms with E-state index in [0.717, 1.165) is 19.3 Å². The first-order chi connectivity index (χ1) is 12.5. The molecule has 4 nitrogen and oxygen atoms in total. The molecule has 1 aliphatic rings. The Balaban J connectivity index is 2.39. The highest BCUT2D eigenvalue weighted by Crippen LogP contribution is 2.34. The summed E-state index contributed by atoms with van der Waals surface area (Å²) in [6.07, 6.45) is 12.1. The van der Waals surface area contributed by atoms with E-state index in [2.05, 4.69) is 6.92 Å². The van der Waals surface area contributed by atoms with Gasteiger partial charge in [-0.2, -0.15) is 0 Å². The first-order valence-corrected chi connectivity index (χ1v) is 9.82. The molecule has 2 N–H and O–H groups in total. The molecule has 1 rings (SSSR count). The fourth-order valence-corrected chi connectivity index (χ4v) is 3.38. The lowest BCUT2D eigenvalue weighted by Crippen LogP contribution is -2.04. The summed E-state index contributed by atoms with van der Waals surface area (Å²) in [5.74, 6) is -0.653. The van der Waals surface area contributed by atoms with E-state index in [1.807, 2.05) is 12.2 Å². The Kier molecular flexibility index (Phi) is 10.9. The molecule has 0 radical (unpaired) electrons. The van der Waals surface area contributed by atoms with E-state index in [1.54, 1.807) is 6.08 Å². The van der Waals surface area contributed by atoms with Crippen molar-refractivity contribution in [2.75, 3.05) is 6.67 Å². The fraction of sp³-hybridized carbons (Fsp3) is 0.714. The van der Waals surface area contributed by atoms with E-state index in [1.165, 1.54) is 0 Å². The van der Waals surface area contributed by atoms with Crippen LogP contribution in [0.15, 0.2) is 24.0 Å². The summed E-state index contributed by atoms with van der Waals surface area (Å²) >= 11 is 0. The molecule has 0 aromatic rings. The Bertz CT molecular complexity index is 498. The molecule has 0 aromatic heterocycles. The molecule has 148 valence electrons. The molecule has 0 saturated heterocycles. The number of allylic oxidation sites excluding steroid dienone is 4. The summed E-state index contributed by atoms with van der Waals surface area (Å²) in [5, 5.41) is 18.8. The van der Waals surface area contributed by atoms with Crippen molar-refractivity contribution in [2.45, 2.75) is 71.1 Å². The average Bonchev–Trinajstić information content (AvgIpc) is 2.98. The highest BCUT2D eigenvalue weighted by atomic mass is 19.1. The van der Waals surface area contributed by atoms with Crippen LogP contribution in [0.4, 0.5) is 4.39 Å². The van der Waals surface area contributed by atoms with Gasteiger partial charge in [0, 0.05) is 24.7 Å². The Morgan fingerprint density at radius 1 is 1.31 bits per heavy atom. The summed E-state index contributed by atoms with van der Waals surface area (Å²) in [5.41, 5.74) is 0. The predicted octanol–water partition coefficient (Wildman–Crippen LogP) is 5.39. The standard InChI is InChI=1S/C21H33FO4/c1-2-3-8-16(15-22)11-12-19(23)18-13-17(20(24)14-18)9-6-4-5-7-10-21(25)26/h4,6,12,16-18,23H,2-3,5,7-11,13-15H2,1H3,(H,25,26)/b6-4-,19-12?/t16?,17-,18-/m0/s1. The van der Waals surface area contributed by atoms with E-state index in [9.17, 15) is 19.1 Å². The maximum absolute atomic E-state index is 13.0. The van der Waals surface area contributed by atoms with Gasteiger partial charge >= 0.3 is 5.97 Å². The molecule has 5 heteroatoms. The minimum absolute atomic E-state index is 0.0428. The molecule has 1 unspecified atom stereocenters. The molecule has 0 amide bonds. The van der Waals surface area contributed by atoms with Crippen LogP contribution >= 0.6 is 0 Å². The molecule has 0 aliphatic heterocycles. The number of unbranched alkanes of at least 4 members (excludes halogenated alkanes) is 2. The number of halogens is 1.